The monoisotopic (exact) mass is 357 g/mol. The molecular weight excluding hydrogens is 338 g/mol. The third-order valence-corrected chi connectivity index (χ3v) is 3.99. The highest BCUT2D eigenvalue weighted by molar-refractivity contribution is 5.75. The van der Waals surface area contributed by atoms with Crippen molar-refractivity contribution in [1.29, 1.82) is 0 Å². The summed E-state index contributed by atoms with van der Waals surface area (Å²) in [6, 6.07) is 6.38. The largest absolute Gasteiger partial charge is 0.497 e. The van der Waals surface area contributed by atoms with Gasteiger partial charge >= 0.3 is 5.97 Å². The van der Waals surface area contributed by atoms with Gasteiger partial charge in [0.1, 0.15) is 18.1 Å². The van der Waals surface area contributed by atoms with Crippen LogP contribution in [-0.2, 0) is 9.53 Å². The molecule has 0 saturated carbocycles. The number of carbonyl (C=O) groups excluding carboxylic acids is 1. The molecule has 0 N–H and O–H groups in total. The van der Waals surface area contributed by atoms with Crippen LogP contribution in [0.15, 0.2) is 35.4 Å². The first-order valence-corrected chi connectivity index (χ1v) is 8.24. The summed E-state index contributed by atoms with van der Waals surface area (Å²) in [6.07, 6.45) is 1.73. The van der Waals surface area contributed by atoms with Crippen molar-refractivity contribution in [2.24, 2.45) is 0 Å². The molecule has 0 radical (unpaired) electrons. The van der Waals surface area contributed by atoms with Crippen molar-refractivity contribution in [3.05, 3.63) is 40.9 Å². The Labute approximate surface area is 149 Å². The zero-order valence-electron chi connectivity index (χ0n) is 14.7. The Bertz CT molecular complexity index is 977. The first-order valence-electron chi connectivity index (χ1n) is 8.24. The predicted octanol–water partition coefficient (Wildman–Crippen LogP) is 1.50. The Morgan fingerprint density at radius 3 is 2.58 bits per heavy atom. The lowest BCUT2D eigenvalue weighted by Crippen LogP contribution is -2.31. The molecule has 0 unspecified atom stereocenters. The number of carbonyl (C=O) groups is 1. The van der Waals surface area contributed by atoms with Gasteiger partial charge in [-0.2, -0.15) is 4.68 Å². The van der Waals surface area contributed by atoms with Crippen molar-refractivity contribution < 1.29 is 14.3 Å². The second kappa shape index (κ2) is 7.34. The number of methoxy groups -OCH3 is 1. The van der Waals surface area contributed by atoms with Gasteiger partial charge in [-0.25, -0.2) is 9.78 Å². The summed E-state index contributed by atoms with van der Waals surface area (Å²) < 4.78 is 12.9. The van der Waals surface area contributed by atoms with E-state index in [-0.39, 0.29) is 12.1 Å². The molecule has 0 aliphatic carbocycles. The highest BCUT2D eigenvalue weighted by Crippen LogP contribution is 2.17. The Morgan fingerprint density at radius 2 is 1.96 bits per heavy atom. The van der Waals surface area contributed by atoms with Crippen molar-refractivity contribution in [1.82, 2.24) is 24.5 Å². The molecule has 0 saturated heterocycles. The van der Waals surface area contributed by atoms with Crippen molar-refractivity contribution in [2.75, 3.05) is 13.7 Å². The molecule has 0 aliphatic heterocycles. The minimum Gasteiger partial charge on any atom is -0.497 e. The van der Waals surface area contributed by atoms with Crippen molar-refractivity contribution >= 4 is 17.1 Å². The van der Waals surface area contributed by atoms with E-state index in [1.165, 1.54) is 15.6 Å². The topological polar surface area (TPSA) is 101 Å². The molecule has 3 aromatic rings. The standard InChI is InChI=1S/C17H19N5O4/c1-4-13(17(24)26-5-2)21-10-18-15-14(16(21)23)19-20-22(15)11-6-8-12(25-3)9-7-11/h6-10,13H,4-5H2,1-3H3/t13-/m0/s1. The van der Waals surface area contributed by atoms with Crippen molar-refractivity contribution in [3.63, 3.8) is 0 Å². The van der Waals surface area contributed by atoms with Crippen molar-refractivity contribution in [2.45, 2.75) is 26.3 Å². The molecule has 9 nitrogen and oxygen atoms in total. The van der Waals surface area contributed by atoms with Gasteiger partial charge in [-0.05, 0) is 37.6 Å². The highest BCUT2D eigenvalue weighted by atomic mass is 16.5. The van der Waals surface area contributed by atoms with Gasteiger partial charge in [-0.1, -0.05) is 12.1 Å². The van der Waals surface area contributed by atoms with E-state index in [9.17, 15) is 9.59 Å². The number of rotatable bonds is 6. The molecule has 136 valence electrons. The van der Waals surface area contributed by atoms with E-state index in [1.807, 2.05) is 0 Å². The quantitative estimate of drug-likeness (QED) is 0.616. The summed E-state index contributed by atoms with van der Waals surface area (Å²) in [5, 5.41) is 7.98. The first-order chi connectivity index (χ1) is 12.6. The van der Waals surface area contributed by atoms with E-state index in [1.54, 1.807) is 45.2 Å². The molecule has 26 heavy (non-hydrogen) atoms. The molecule has 2 aromatic heterocycles. The fourth-order valence-electron chi connectivity index (χ4n) is 2.66. The Morgan fingerprint density at radius 1 is 1.23 bits per heavy atom. The molecule has 0 bridgehead atoms. The summed E-state index contributed by atoms with van der Waals surface area (Å²) in [5.74, 6) is 0.231. The van der Waals surface area contributed by atoms with Crippen LogP contribution in [0.2, 0.25) is 0 Å². The number of aromatic nitrogens is 5. The van der Waals surface area contributed by atoms with Gasteiger partial charge in [0, 0.05) is 0 Å². The summed E-state index contributed by atoms with van der Waals surface area (Å²) >= 11 is 0. The second-order valence-electron chi connectivity index (χ2n) is 5.50. The highest BCUT2D eigenvalue weighted by Gasteiger charge is 2.23. The van der Waals surface area contributed by atoms with E-state index in [4.69, 9.17) is 9.47 Å². The smallest absolute Gasteiger partial charge is 0.329 e. The number of fused-ring (bicyclic) bond motifs is 1. The lowest BCUT2D eigenvalue weighted by Gasteiger charge is -2.15. The summed E-state index contributed by atoms with van der Waals surface area (Å²) in [7, 11) is 1.58. The van der Waals surface area contributed by atoms with E-state index >= 15 is 0 Å². The fraction of sp³-hybridized carbons (Fsp3) is 0.353. The maximum absolute atomic E-state index is 12.8. The molecule has 3 rings (SSSR count). The number of ether oxygens (including phenoxy) is 2. The predicted molar refractivity (Wildman–Crippen MR) is 93.4 cm³/mol. The number of esters is 1. The maximum Gasteiger partial charge on any atom is 0.329 e. The number of hydrogen-bond donors (Lipinski definition) is 0. The molecule has 0 spiro atoms. The summed E-state index contributed by atoms with van der Waals surface area (Å²) in [4.78, 5) is 29.1. The summed E-state index contributed by atoms with van der Waals surface area (Å²) in [6.45, 7) is 3.76. The van der Waals surface area contributed by atoms with Gasteiger partial charge in [-0.3, -0.25) is 9.36 Å². The van der Waals surface area contributed by atoms with Crippen LogP contribution >= 0.6 is 0 Å². The molecule has 0 fully saturated rings. The Balaban J connectivity index is 2.06. The van der Waals surface area contributed by atoms with Gasteiger partial charge in [0.15, 0.2) is 11.2 Å². The van der Waals surface area contributed by atoms with Crippen LogP contribution < -0.4 is 10.3 Å². The van der Waals surface area contributed by atoms with E-state index < -0.39 is 17.6 Å². The van der Waals surface area contributed by atoms with Gasteiger partial charge in [-0.15, -0.1) is 5.10 Å². The molecule has 2 heterocycles. The lowest BCUT2D eigenvalue weighted by atomic mass is 10.2. The van der Waals surface area contributed by atoms with Crippen LogP contribution in [-0.4, -0.2) is 44.2 Å². The Hall–Kier alpha value is -3.23. The number of hydrogen-bond acceptors (Lipinski definition) is 7. The Kier molecular flexibility index (Phi) is 4.97. The maximum atomic E-state index is 12.8. The average Bonchev–Trinajstić information content (AvgIpc) is 3.09. The van der Waals surface area contributed by atoms with E-state index in [0.717, 1.165) is 0 Å². The van der Waals surface area contributed by atoms with Crippen LogP contribution in [0.25, 0.3) is 16.9 Å². The zero-order valence-corrected chi connectivity index (χ0v) is 14.7. The van der Waals surface area contributed by atoms with Crippen molar-refractivity contribution in [3.8, 4) is 11.4 Å². The first kappa shape index (κ1) is 17.6. The van der Waals surface area contributed by atoms with E-state index in [2.05, 4.69) is 15.3 Å². The van der Waals surface area contributed by atoms with Gasteiger partial charge < -0.3 is 9.47 Å². The minimum atomic E-state index is -0.745. The summed E-state index contributed by atoms with van der Waals surface area (Å²) in [5.41, 5.74) is 0.659. The molecule has 0 aliphatic rings. The number of nitrogens with zero attached hydrogens (tertiary/aromatic N) is 5. The van der Waals surface area contributed by atoms with Gasteiger partial charge in [0.25, 0.3) is 5.56 Å². The second-order valence-corrected chi connectivity index (χ2v) is 5.50. The average molecular weight is 357 g/mol. The van der Waals surface area contributed by atoms with Gasteiger partial charge in [0.2, 0.25) is 0 Å². The van der Waals surface area contributed by atoms with Crippen LogP contribution in [0.4, 0.5) is 0 Å². The van der Waals surface area contributed by atoms with Crippen LogP contribution in [0.3, 0.4) is 0 Å². The molecular formula is C17H19N5O4. The number of benzene rings is 1. The lowest BCUT2D eigenvalue weighted by molar-refractivity contribution is -0.147. The molecule has 1 atom stereocenters. The molecule has 9 heteroatoms. The normalized spacial score (nSPS) is 12.1. The zero-order chi connectivity index (χ0) is 18.7. The molecule has 1 aromatic carbocycles. The SMILES string of the molecule is CCOC(=O)[C@H](CC)n1cnc2c(nnn2-c2ccc(OC)cc2)c1=O. The third-order valence-electron chi connectivity index (χ3n) is 3.99. The van der Waals surface area contributed by atoms with E-state index in [0.29, 0.717) is 23.5 Å². The van der Waals surface area contributed by atoms with Crippen LogP contribution in [0, 0.1) is 0 Å². The molecule has 0 amide bonds. The fourth-order valence-corrected chi connectivity index (χ4v) is 2.66. The third kappa shape index (κ3) is 3.03. The van der Waals surface area contributed by atoms with Crippen LogP contribution in [0.1, 0.15) is 26.3 Å². The van der Waals surface area contributed by atoms with Gasteiger partial charge in [0.05, 0.1) is 19.4 Å². The minimum absolute atomic E-state index is 0.0890. The van der Waals surface area contributed by atoms with Crippen LogP contribution in [0.5, 0.6) is 5.75 Å².